The van der Waals surface area contributed by atoms with Crippen LogP contribution in [0.2, 0.25) is 0 Å². The Morgan fingerprint density at radius 3 is 2.65 bits per heavy atom. The van der Waals surface area contributed by atoms with Gasteiger partial charge in [-0.2, -0.15) is 0 Å². The number of nitrogens with one attached hydrogen (secondary N) is 1. The minimum Gasteiger partial charge on any atom is -0.493 e. The van der Waals surface area contributed by atoms with Crippen molar-refractivity contribution in [3.05, 3.63) is 69.6 Å². The van der Waals surface area contributed by atoms with E-state index < -0.39 is 0 Å². The Balaban J connectivity index is 1.82. The Bertz CT molecular complexity index is 1520. The number of fused-ring (bicyclic) bond motifs is 2. The summed E-state index contributed by atoms with van der Waals surface area (Å²) in [6.07, 6.45) is 2.88. The number of pyridine rings is 2. The predicted octanol–water partition coefficient (Wildman–Crippen LogP) is 2.05. The summed E-state index contributed by atoms with van der Waals surface area (Å²) in [5.41, 5.74) is 9.31. The van der Waals surface area contributed by atoms with Gasteiger partial charge < -0.3 is 25.3 Å². The number of amides is 1. The van der Waals surface area contributed by atoms with Crippen LogP contribution in [0.4, 0.5) is 5.82 Å². The van der Waals surface area contributed by atoms with Gasteiger partial charge in [-0.15, -0.1) is 0 Å². The fourth-order valence-corrected chi connectivity index (χ4v) is 4.31. The van der Waals surface area contributed by atoms with E-state index in [1.54, 1.807) is 38.2 Å². The van der Waals surface area contributed by atoms with E-state index in [4.69, 9.17) is 24.9 Å². The molecule has 0 aliphatic carbocycles. The maximum absolute atomic E-state index is 13.5. The third-order valence-corrected chi connectivity index (χ3v) is 6.30. The van der Waals surface area contributed by atoms with Crippen molar-refractivity contribution in [1.82, 2.24) is 14.7 Å². The predicted molar refractivity (Wildman–Crippen MR) is 140 cm³/mol. The first kappa shape index (κ1) is 25.9. The molecule has 10 nitrogen and oxygen atoms in total. The van der Waals surface area contributed by atoms with Gasteiger partial charge in [-0.3, -0.25) is 14.0 Å². The van der Waals surface area contributed by atoms with Crippen LogP contribution in [0.25, 0.3) is 16.7 Å². The molecule has 3 aromatic heterocycles. The number of ether oxygens (including phenoxy) is 3. The van der Waals surface area contributed by atoms with Crippen molar-refractivity contribution in [2.75, 3.05) is 40.2 Å². The monoisotopic (exact) mass is 506 g/mol. The number of anilines is 1. The molecule has 4 rings (SSSR count). The minimum absolute atomic E-state index is 0.226. The number of rotatable bonds is 10. The number of hydrogen-bond acceptors (Lipinski definition) is 7. The van der Waals surface area contributed by atoms with Gasteiger partial charge in [-0.25, -0.2) is 4.57 Å². The highest BCUT2D eigenvalue weighted by Gasteiger charge is 2.24. The third kappa shape index (κ3) is 5.19. The minimum atomic E-state index is -0.357. The molecule has 0 saturated carbocycles. The Kier molecular flexibility index (Phi) is 7.88. The topological polar surface area (TPSA) is 121 Å². The number of methoxy groups -OCH3 is 3. The third-order valence-electron chi connectivity index (χ3n) is 6.30. The van der Waals surface area contributed by atoms with Crippen LogP contribution in [0, 0.1) is 6.92 Å². The van der Waals surface area contributed by atoms with Gasteiger partial charge in [0.25, 0.3) is 17.1 Å². The van der Waals surface area contributed by atoms with Crippen molar-refractivity contribution in [1.29, 1.82) is 0 Å². The van der Waals surface area contributed by atoms with E-state index in [9.17, 15) is 9.59 Å². The molecule has 3 heterocycles. The first-order valence-corrected chi connectivity index (χ1v) is 12.0. The largest absolute Gasteiger partial charge is 0.493 e. The van der Waals surface area contributed by atoms with E-state index in [0.29, 0.717) is 60.7 Å². The average molecular weight is 507 g/mol. The van der Waals surface area contributed by atoms with E-state index in [-0.39, 0.29) is 22.8 Å². The van der Waals surface area contributed by atoms with Crippen molar-refractivity contribution in [3.63, 3.8) is 0 Å². The van der Waals surface area contributed by atoms with E-state index in [0.717, 1.165) is 11.1 Å². The van der Waals surface area contributed by atoms with Gasteiger partial charge in [0, 0.05) is 38.4 Å². The Hall–Kier alpha value is -4.18. The molecule has 0 atom stereocenters. The van der Waals surface area contributed by atoms with Crippen LogP contribution in [-0.4, -0.2) is 49.8 Å². The van der Waals surface area contributed by atoms with Crippen LogP contribution in [0.1, 0.15) is 27.9 Å². The van der Waals surface area contributed by atoms with Gasteiger partial charge in [-0.1, -0.05) is 17.1 Å². The van der Waals surface area contributed by atoms with E-state index in [1.807, 2.05) is 31.2 Å². The lowest BCUT2D eigenvalue weighted by molar-refractivity contribution is -0.658. The van der Waals surface area contributed by atoms with E-state index >= 15 is 0 Å². The van der Waals surface area contributed by atoms with Crippen molar-refractivity contribution >= 4 is 28.4 Å². The summed E-state index contributed by atoms with van der Waals surface area (Å²) in [6, 6.07) is 10.9. The molecule has 10 heteroatoms. The fraction of sp³-hybridized carbons (Fsp3) is 0.333. The van der Waals surface area contributed by atoms with Crippen molar-refractivity contribution in [3.8, 4) is 11.5 Å². The number of nitrogens with zero attached hydrogens (tertiary/aromatic N) is 3. The molecule has 194 valence electrons. The Morgan fingerprint density at radius 1 is 1.14 bits per heavy atom. The number of benzene rings is 1. The van der Waals surface area contributed by atoms with Gasteiger partial charge in [0.1, 0.15) is 10.9 Å². The molecular formula is C27H32N5O5+. The second-order valence-electron chi connectivity index (χ2n) is 8.68. The molecule has 0 aliphatic heterocycles. The summed E-state index contributed by atoms with van der Waals surface area (Å²) < 4.78 is 19.1. The second-order valence-corrected chi connectivity index (χ2v) is 8.68. The maximum Gasteiger partial charge on any atom is 0.278 e. The average Bonchev–Trinajstić information content (AvgIpc) is 2.91. The normalized spacial score (nSPS) is 11.1. The number of carbonyl (C=O) groups excluding carboxylic acids is 1. The van der Waals surface area contributed by atoms with Gasteiger partial charge in [0.05, 0.1) is 20.8 Å². The first-order chi connectivity index (χ1) is 17.9. The molecule has 0 aliphatic rings. The lowest BCUT2D eigenvalue weighted by Crippen LogP contribution is -2.43. The number of carbonyl (C=O) groups is 1. The Morgan fingerprint density at radius 2 is 1.92 bits per heavy atom. The molecule has 0 fully saturated rings. The highest BCUT2D eigenvalue weighted by Crippen LogP contribution is 2.28. The number of nitrogen functional groups attached to an aromatic ring is 1. The van der Waals surface area contributed by atoms with Crippen LogP contribution in [0.15, 0.2) is 47.4 Å². The number of aromatic nitrogens is 3. The smallest absolute Gasteiger partial charge is 0.278 e. The van der Waals surface area contributed by atoms with Crippen LogP contribution >= 0.6 is 0 Å². The standard InChI is InChI=1S/C27H31N5O5/c1-17-7-5-12-32-24(17)30-25-20(27(32)34)16-19(26(33)29-11-6-14-35-2)23(28)31(25)13-10-18-8-9-21(36-3)22(15-18)37-4/h5,7-9,12,15-16,28H,6,10-11,13-14H2,1-4H3,(H,29,33)/p+1. The molecular weight excluding hydrogens is 474 g/mol. The zero-order valence-corrected chi connectivity index (χ0v) is 21.5. The maximum atomic E-state index is 13.5. The lowest BCUT2D eigenvalue weighted by atomic mass is 10.1. The highest BCUT2D eigenvalue weighted by atomic mass is 16.5. The van der Waals surface area contributed by atoms with Crippen LogP contribution in [-0.2, 0) is 17.7 Å². The molecule has 4 aromatic rings. The molecule has 37 heavy (non-hydrogen) atoms. The van der Waals surface area contributed by atoms with Crippen LogP contribution in [0.5, 0.6) is 11.5 Å². The number of hydrogen-bond donors (Lipinski definition) is 2. The summed E-state index contributed by atoms with van der Waals surface area (Å²) in [4.78, 5) is 31.4. The summed E-state index contributed by atoms with van der Waals surface area (Å²) in [6.45, 7) is 3.23. The molecule has 1 aromatic carbocycles. The fourth-order valence-electron chi connectivity index (χ4n) is 4.31. The Labute approximate surface area is 214 Å². The molecule has 0 saturated heterocycles. The van der Waals surface area contributed by atoms with Gasteiger partial charge in [-0.05, 0) is 43.2 Å². The number of nitrogens with two attached hydrogens (primary N) is 1. The van der Waals surface area contributed by atoms with Gasteiger partial charge in [0.15, 0.2) is 11.5 Å². The number of aryl methyl sites for hydroxylation is 3. The summed E-state index contributed by atoms with van der Waals surface area (Å²) in [7, 11) is 4.78. The molecule has 0 radical (unpaired) electrons. The first-order valence-electron chi connectivity index (χ1n) is 12.0. The van der Waals surface area contributed by atoms with E-state index in [1.165, 1.54) is 10.5 Å². The summed E-state index contributed by atoms with van der Waals surface area (Å²) in [5, 5.41) is 3.17. The molecule has 0 spiro atoms. The van der Waals surface area contributed by atoms with E-state index in [2.05, 4.69) is 5.32 Å². The highest BCUT2D eigenvalue weighted by molar-refractivity contribution is 6.00. The molecule has 1 amide bonds. The van der Waals surface area contributed by atoms with Crippen molar-refractivity contribution in [2.45, 2.75) is 26.3 Å². The summed E-state index contributed by atoms with van der Waals surface area (Å²) in [5.74, 6) is 1.13. The van der Waals surface area contributed by atoms with Crippen molar-refractivity contribution < 1.29 is 23.6 Å². The van der Waals surface area contributed by atoms with Gasteiger partial charge in [0.2, 0.25) is 11.5 Å². The summed E-state index contributed by atoms with van der Waals surface area (Å²) >= 11 is 0. The zero-order valence-electron chi connectivity index (χ0n) is 21.5. The van der Waals surface area contributed by atoms with Crippen LogP contribution < -0.4 is 30.7 Å². The van der Waals surface area contributed by atoms with Gasteiger partial charge >= 0.3 is 0 Å². The SMILES string of the molecule is COCCCNC(=O)c1cc2c(=O)n3cccc(C)c3nc2[n+](CCc2ccc(OC)c(OC)c2)c1N. The van der Waals surface area contributed by atoms with Crippen molar-refractivity contribution in [2.24, 2.45) is 0 Å². The second kappa shape index (κ2) is 11.3. The van der Waals surface area contributed by atoms with Crippen LogP contribution in [0.3, 0.4) is 0 Å². The lowest BCUT2D eigenvalue weighted by Gasteiger charge is -2.14. The quantitative estimate of drug-likeness (QED) is 0.192. The molecule has 0 unspecified atom stereocenters. The molecule has 0 bridgehead atoms. The molecule has 3 N–H and O–H groups in total. The zero-order chi connectivity index (χ0) is 26.5.